The van der Waals surface area contributed by atoms with Crippen LogP contribution in [-0.4, -0.2) is 24.7 Å². The monoisotopic (exact) mass is 354 g/mol. The first-order valence-corrected chi connectivity index (χ1v) is 7.78. The van der Waals surface area contributed by atoms with Gasteiger partial charge in [0.2, 0.25) is 0 Å². The smallest absolute Gasteiger partial charge is 0.464 e. The molecule has 134 valence electrons. The van der Waals surface area contributed by atoms with Gasteiger partial charge in [0.25, 0.3) is 0 Å². The number of ether oxygens (including phenoxy) is 1. The molecule has 4 nitrogen and oxygen atoms in total. The second-order valence-corrected chi connectivity index (χ2v) is 6.86. The minimum Gasteiger partial charge on any atom is -0.464 e. The van der Waals surface area contributed by atoms with Gasteiger partial charge in [0.15, 0.2) is 0 Å². The molecular weight excluding hydrogens is 336 g/mol. The molecule has 3 rings (SSSR count). The van der Waals surface area contributed by atoms with Crippen LogP contribution in [-0.2, 0) is 9.31 Å². The predicted molar refractivity (Wildman–Crippen MR) is 86.5 cm³/mol. The fourth-order valence-electron chi connectivity index (χ4n) is 2.55. The third-order valence-corrected chi connectivity index (χ3v) is 4.55. The first kappa shape index (κ1) is 17.9. The van der Waals surface area contributed by atoms with E-state index in [0.29, 0.717) is 16.8 Å². The maximum absolute atomic E-state index is 12.5. The van der Waals surface area contributed by atoms with Crippen molar-refractivity contribution in [2.75, 3.05) is 0 Å². The summed E-state index contributed by atoms with van der Waals surface area (Å²) in [6.07, 6.45) is -3.33. The van der Waals surface area contributed by atoms with Gasteiger partial charge < -0.3 is 18.5 Å². The van der Waals surface area contributed by atoms with E-state index in [0.717, 1.165) is 0 Å². The number of rotatable bonds is 3. The number of hydrogen-bond donors (Lipinski definition) is 0. The Balaban J connectivity index is 2.02. The maximum atomic E-state index is 12.5. The molecule has 1 aliphatic rings. The summed E-state index contributed by atoms with van der Waals surface area (Å²) in [6.45, 7) is 7.61. The summed E-state index contributed by atoms with van der Waals surface area (Å²) in [5.74, 6) is 0.0662. The molecule has 0 amide bonds. The average molecular weight is 354 g/mol. The lowest BCUT2D eigenvalue weighted by molar-refractivity contribution is -0.274. The Kier molecular flexibility index (Phi) is 4.16. The topological polar surface area (TPSA) is 40.8 Å². The van der Waals surface area contributed by atoms with Crippen LogP contribution >= 0.6 is 0 Å². The van der Waals surface area contributed by atoms with Crippen molar-refractivity contribution in [3.05, 3.63) is 36.6 Å². The Bertz CT molecular complexity index is 738. The Morgan fingerprint density at radius 3 is 2.16 bits per heavy atom. The highest BCUT2D eigenvalue weighted by atomic mass is 19.4. The lowest BCUT2D eigenvalue weighted by atomic mass is 9.75. The van der Waals surface area contributed by atoms with Crippen LogP contribution in [0.25, 0.3) is 11.3 Å². The molecule has 2 heterocycles. The van der Waals surface area contributed by atoms with Gasteiger partial charge in [-0.05, 0) is 57.4 Å². The molecule has 8 heteroatoms. The molecule has 2 aromatic rings. The molecule has 0 spiro atoms. The molecule has 0 N–H and O–H groups in total. The van der Waals surface area contributed by atoms with Crippen molar-refractivity contribution in [3.63, 3.8) is 0 Å². The van der Waals surface area contributed by atoms with Crippen molar-refractivity contribution in [1.29, 1.82) is 0 Å². The van der Waals surface area contributed by atoms with Crippen LogP contribution in [0.15, 0.2) is 41.0 Å². The van der Waals surface area contributed by atoms with E-state index in [4.69, 9.17) is 13.7 Å². The van der Waals surface area contributed by atoms with E-state index in [9.17, 15) is 13.2 Å². The van der Waals surface area contributed by atoms with E-state index in [2.05, 4.69) is 4.74 Å². The SMILES string of the molecule is CC1(C)OB(c2ccc(OC(F)(F)F)cc2-c2ccco2)OC1(C)C. The fraction of sp³-hybridized carbons (Fsp3) is 0.412. The lowest BCUT2D eigenvalue weighted by Gasteiger charge is -2.32. The van der Waals surface area contributed by atoms with Gasteiger partial charge in [-0.2, -0.15) is 0 Å². The molecule has 0 unspecified atom stereocenters. The van der Waals surface area contributed by atoms with Crippen molar-refractivity contribution in [3.8, 4) is 17.1 Å². The van der Waals surface area contributed by atoms with Crippen LogP contribution in [0, 0.1) is 0 Å². The van der Waals surface area contributed by atoms with E-state index in [-0.39, 0.29) is 5.75 Å². The van der Waals surface area contributed by atoms with Gasteiger partial charge in [-0.3, -0.25) is 0 Å². The second-order valence-electron chi connectivity index (χ2n) is 6.86. The predicted octanol–water partition coefficient (Wildman–Crippen LogP) is 4.14. The molecule has 0 radical (unpaired) electrons. The normalized spacial score (nSPS) is 19.2. The minimum atomic E-state index is -4.77. The fourth-order valence-corrected chi connectivity index (χ4v) is 2.55. The second kappa shape index (κ2) is 5.81. The van der Waals surface area contributed by atoms with Crippen LogP contribution in [0.1, 0.15) is 27.7 Å². The van der Waals surface area contributed by atoms with Gasteiger partial charge in [0.05, 0.1) is 17.5 Å². The standard InChI is InChI=1S/C17H18BF3O4/c1-15(2)16(3,4)25-18(24-15)13-8-7-11(23-17(19,20)21)10-12(13)14-6-5-9-22-14/h5-10H,1-4H3. The molecule has 1 aliphatic heterocycles. The largest absolute Gasteiger partial charge is 0.573 e. The molecular formula is C17H18BF3O4. The molecule has 1 saturated heterocycles. The van der Waals surface area contributed by atoms with Crippen molar-refractivity contribution in [1.82, 2.24) is 0 Å². The zero-order chi connectivity index (χ0) is 18.5. The summed E-state index contributed by atoms with van der Waals surface area (Å²) in [5, 5.41) is 0. The Hall–Kier alpha value is -1.93. The molecule has 0 atom stereocenters. The number of furan rings is 1. The third kappa shape index (κ3) is 3.55. The van der Waals surface area contributed by atoms with Crippen LogP contribution in [0.4, 0.5) is 13.2 Å². The summed E-state index contributed by atoms with van der Waals surface area (Å²) in [4.78, 5) is 0. The van der Waals surface area contributed by atoms with Gasteiger partial charge in [0, 0.05) is 5.56 Å². The number of halogens is 3. The van der Waals surface area contributed by atoms with Gasteiger partial charge in [-0.25, -0.2) is 0 Å². The van der Waals surface area contributed by atoms with Crippen molar-refractivity contribution < 1.29 is 31.6 Å². The molecule has 1 aromatic heterocycles. The van der Waals surface area contributed by atoms with Gasteiger partial charge in [-0.1, -0.05) is 6.07 Å². The Labute approximate surface area is 144 Å². The summed E-state index contributed by atoms with van der Waals surface area (Å²) in [6, 6.07) is 7.32. The van der Waals surface area contributed by atoms with Crippen molar-refractivity contribution in [2.24, 2.45) is 0 Å². The highest BCUT2D eigenvalue weighted by Gasteiger charge is 2.52. The first-order valence-electron chi connectivity index (χ1n) is 7.78. The quantitative estimate of drug-likeness (QED) is 0.777. The first-order chi connectivity index (χ1) is 11.5. The van der Waals surface area contributed by atoms with Gasteiger partial charge >= 0.3 is 13.5 Å². The number of hydrogen-bond acceptors (Lipinski definition) is 4. The third-order valence-electron chi connectivity index (χ3n) is 4.55. The number of benzene rings is 1. The molecule has 0 saturated carbocycles. The van der Waals surface area contributed by atoms with Crippen LogP contribution in [0.5, 0.6) is 5.75 Å². The van der Waals surface area contributed by atoms with E-state index < -0.39 is 24.7 Å². The molecule has 1 fully saturated rings. The highest BCUT2D eigenvalue weighted by Crippen LogP contribution is 2.38. The minimum absolute atomic E-state index is 0.334. The van der Waals surface area contributed by atoms with Crippen molar-refractivity contribution in [2.45, 2.75) is 45.3 Å². The van der Waals surface area contributed by atoms with E-state index in [1.807, 2.05) is 27.7 Å². The molecule has 0 bridgehead atoms. The lowest BCUT2D eigenvalue weighted by Crippen LogP contribution is -2.41. The number of alkyl halides is 3. The zero-order valence-electron chi connectivity index (χ0n) is 14.3. The van der Waals surface area contributed by atoms with Gasteiger partial charge in [-0.15, -0.1) is 13.2 Å². The van der Waals surface area contributed by atoms with Gasteiger partial charge in [0.1, 0.15) is 11.5 Å². The van der Waals surface area contributed by atoms with Crippen LogP contribution < -0.4 is 10.2 Å². The van der Waals surface area contributed by atoms with Crippen LogP contribution in [0.3, 0.4) is 0 Å². The Morgan fingerprint density at radius 2 is 1.64 bits per heavy atom. The van der Waals surface area contributed by atoms with E-state index >= 15 is 0 Å². The molecule has 1 aromatic carbocycles. The highest BCUT2D eigenvalue weighted by molar-refractivity contribution is 6.63. The maximum Gasteiger partial charge on any atom is 0.573 e. The molecule has 0 aliphatic carbocycles. The van der Waals surface area contributed by atoms with Crippen molar-refractivity contribution >= 4 is 12.6 Å². The zero-order valence-corrected chi connectivity index (χ0v) is 14.3. The summed E-state index contributed by atoms with van der Waals surface area (Å²) < 4.78 is 59.0. The average Bonchev–Trinajstić information content (AvgIpc) is 3.04. The summed E-state index contributed by atoms with van der Waals surface area (Å²) >= 11 is 0. The summed E-state index contributed by atoms with van der Waals surface area (Å²) in [7, 11) is -0.731. The van der Waals surface area contributed by atoms with E-state index in [1.165, 1.54) is 24.5 Å². The summed E-state index contributed by atoms with van der Waals surface area (Å²) in [5.41, 5.74) is -0.147. The van der Waals surface area contributed by atoms with E-state index in [1.54, 1.807) is 12.1 Å². The Morgan fingerprint density at radius 1 is 1.00 bits per heavy atom. The van der Waals surface area contributed by atoms with Crippen LogP contribution in [0.2, 0.25) is 0 Å². The molecule has 25 heavy (non-hydrogen) atoms.